The number of methoxy groups -OCH3 is 2. The molecule has 0 aromatic heterocycles. The topological polar surface area (TPSA) is 48.0 Å². The molecular weight excluding hydrogens is 270 g/mol. The molecule has 0 amide bonds. The second-order valence-electron chi connectivity index (χ2n) is 5.16. The summed E-state index contributed by atoms with van der Waals surface area (Å²) < 4.78 is 15.8. The molecule has 1 aromatic rings. The van der Waals surface area contributed by atoms with Crippen molar-refractivity contribution < 1.29 is 19.0 Å². The highest BCUT2D eigenvalue weighted by Crippen LogP contribution is 2.25. The van der Waals surface area contributed by atoms with Crippen LogP contribution in [0.25, 0.3) is 0 Å². The number of likely N-dealkylation sites (tertiary alicyclic amines) is 1. The molecule has 1 fully saturated rings. The third-order valence-electron chi connectivity index (χ3n) is 3.77. The lowest BCUT2D eigenvalue weighted by Crippen LogP contribution is -2.41. The van der Waals surface area contributed by atoms with Gasteiger partial charge in [0.15, 0.2) is 11.5 Å². The van der Waals surface area contributed by atoms with E-state index < -0.39 is 0 Å². The number of carbonyl (C=O) groups excluding carboxylic acids is 1. The Hall–Kier alpha value is -1.75. The van der Waals surface area contributed by atoms with E-state index in [9.17, 15) is 4.79 Å². The Morgan fingerprint density at radius 2 is 2.05 bits per heavy atom. The zero-order chi connectivity index (χ0) is 15.1. The van der Waals surface area contributed by atoms with Crippen molar-refractivity contribution in [3.8, 4) is 11.5 Å². The van der Waals surface area contributed by atoms with Crippen LogP contribution in [0, 0.1) is 5.92 Å². The Morgan fingerprint density at radius 3 is 2.76 bits per heavy atom. The van der Waals surface area contributed by atoms with E-state index in [2.05, 4.69) is 4.90 Å². The lowest BCUT2D eigenvalue weighted by atomic mass is 9.98. The van der Waals surface area contributed by atoms with Crippen LogP contribution in [0.2, 0.25) is 0 Å². The lowest BCUT2D eigenvalue weighted by Gasteiger charge is -2.31. The van der Waals surface area contributed by atoms with Gasteiger partial charge in [0.2, 0.25) is 0 Å². The predicted octanol–water partition coefficient (Wildman–Crippen LogP) is 1.96. The first-order chi connectivity index (χ1) is 10.2. The van der Waals surface area contributed by atoms with Crippen molar-refractivity contribution in [3.05, 3.63) is 24.3 Å². The summed E-state index contributed by atoms with van der Waals surface area (Å²) in [5.41, 5.74) is 0. The van der Waals surface area contributed by atoms with E-state index in [1.807, 2.05) is 24.3 Å². The van der Waals surface area contributed by atoms with E-state index in [0.717, 1.165) is 44.0 Å². The minimum Gasteiger partial charge on any atom is -0.493 e. The maximum Gasteiger partial charge on any atom is 0.309 e. The SMILES string of the molecule is COC(=O)C1CCCN(CCOc2ccccc2OC)C1. The third kappa shape index (κ3) is 4.36. The van der Waals surface area contributed by atoms with Gasteiger partial charge in [-0.05, 0) is 31.5 Å². The minimum atomic E-state index is -0.106. The monoisotopic (exact) mass is 293 g/mol. The van der Waals surface area contributed by atoms with E-state index >= 15 is 0 Å². The molecule has 0 radical (unpaired) electrons. The van der Waals surface area contributed by atoms with Gasteiger partial charge in [-0.3, -0.25) is 9.69 Å². The van der Waals surface area contributed by atoms with E-state index in [1.165, 1.54) is 7.11 Å². The molecule has 1 saturated heterocycles. The van der Waals surface area contributed by atoms with Gasteiger partial charge in [-0.1, -0.05) is 12.1 Å². The van der Waals surface area contributed by atoms with Gasteiger partial charge in [-0.15, -0.1) is 0 Å². The molecular formula is C16H23NO4. The van der Waals surface area contributed by atoms with Gasteiger partial charge in [0, 0.05) is 13.1 Å². The van der Waals surface area contributed by atoms with Crippen LogP contribution in [0.5, 0.6) is 11.5 Å². The first kappa shape index (κ1) is 15.6. The molecule has 0 N–H and O–H groups in total. The third-order valence-corrected chi connectivity index (χ3v) is 3.77. The minimum absolute atomic E-state index is 0.00462. The summed E-state index contributed by atoms with van der Waals surface area (Å²) >= 11 is 0. The van der Waals surface area contributed by atoms with Crippen LogP contribution in [0.1, 0.15) is 12.8 Å². The summed E-state index contributed by atoms with van der Waals surface area (Å²) in [5, 5.41) is 0. The van der Waals surface area contributed by atoms with Gasteiger partial charge >= 0.3 is 5.97 Å². The van der Waals surface area contributed by atoms with Gasteiger partial charge in [0.1, 0.15) is 6.61 Å². The first-order valence-electron chi connectivity index (χ1n) is 7.30. The maximum absolute atomic E-state index is 11.6. The number of nitrogens with zero attached hydrogens (tertiary/aromatic N) is 1. The van der Waals surface area contributed by atoms with E-state index in [-0.39, 0.29) is 11.9 Å². The molecule has 21 heavy (non-hydrogen) atoms. The number of carbonyl (C=O) groups is 1. The number of para-hydroxylation sites is 2. The molecule has 0 spiro atoms. The second kappa shape index (κ2) is 7.88. The van der Waals surface area contributed by atoms with Gasteiger partial charge in [-0.2, -0.15) is 0 Å². The Labute approximate surface area is 125 Å². The summed E-state index contributed by atoms with van der Waals surface area (Å²) in [4.78, 5) is 13.8. The Bertz CT molecular complexity index is 463. The fourth-order valence-electron chi connectivity index (χ4n) is 2.64. The average molecular weight is 293 g/mol. The average Bonchev–Trinajstić information content (AvgIpc) is 2.55. The van der Waals surface area contributed by atoms with Gasteiger partial charge in [0.05, 0.1) is 20.1 Å². The standard InChI is InChI=1S/C16H23NO4/c1-19-14-7-3-4-8-15(14)21-11-10-17-9-5-6-13(12-17)16(18)20-2/h3-4,7-8,13H,5-6,9-12H2,1-2H3. The highest BCUT2D eigenvalue weighted by molar-refractivity contribution is 5.72. The molecule has 0 aliphatic carbocycles. The fraction of sp³-hybridized carbons (Fsp3) is 0.562. The summed E-state index contributed by atoms with van der Waals surface area (Å²) in [6.45, 7) is 3.13. The maximum atomic E-state index is 11.6. The van der Waals surface area contributed by atoms with Gasteiger partial charge in [0.25, 0.3) is 0 Å². The van der Waals surface area contributed by atoms with Gasteiger partial charge in [-0.25, -0.2) is 0 Å². The summed E-state index contributed by atoms with van der Waals surface area (Å²) in [6, 6.07) is 7.61. The number of hydrogen-bond acceptors (Lipinski definition) is 5. The van der Waals surface area contributed by atoms with Crippen LogP contribution in [-0.4, -0.2) is 51.3 Å². The molecule has 2 rings (SSSR count). The van der Waals surface area contributed by atoms with Crippen molar-refractivity contribution in [1.82, 2.24) is 4.90 Å². The van der Waals surface area contributed by atoms with Crippen molar-refractivity contribution in [2.24, 2.45) is 5.92 Å². The van der Waals surface area contributed by atoms with Crippen molar-refractivity contribution in [1.29, 1.82) is 0 Å². The summed E-state index contributed by atoms with van der Waals surface area (Å²) in [5.74, 6) is 1.38. The number of ether oxygens (including phenoxy) is 3. The fourth-order valence-corrected chi connectivity index (χ4v) is 2.64. The Kier molecular flexibility index (Phi) is 5.87. The van der Waals surface area contributed by atoms with Crippen LogP contribution in [0.15, 0.2) is 24.3 Å². The van der Waals surface area contributed by atoms with Crippen LogP contribution in [-0.2, 0) is 9.53 Å². The normalized spacial score (nSPS) is 19.0. The zero-order valence-corrected chi connectivity index (χ0v) is 12.7. The Morgan fingerprint density at radius 1 is 1.29 bits per heavy atom. The van der Waals surface area contributed by atoms with Crippen LogP contribution < -0.4 is 9.47 Å². The highest BCUT2D eigenvalue weighted by Gasteiger charge is 2.26. The van der Waals surface area contributed by atoms with Crippen LogP contribution in [0.4, 0.5) is 0 Å². The molecule has 1 aliphatic heterocycles. The number of piperidine rings is 1. The van der Waals surface area contributed by atoms with E-state index in [0.29, 0.717) is 6.61 Å². The zero-order valence-electron chi connectivity index (χ0n) is 12.7. The quantitative estimate of drug-likeness (QED) is 0.750. The second-order valence-corrected chi connectivity index (χ2v) is 5.16. The number of hydrogen-bond donors (Lipinski definition) is 0. The van der Waals surface area contributed by atoms with Crippen molar-refractivity contribution >= 4 is 5.97 Å². The summed E-state index contributed by atoms with van der Waals surface area (Å²) in [7, 11) is 3.08. The summed E-state index contributed by atoms with van der Waals surface area (Å²) in [6.07, 6.45) is 1.94. The molecule has 116 valence electrons. The van der Waals surface area contributed by atoms with Crippen molar-refractivity contribution in [2.75, 3.05) is 40.5 Å². The molecule has 1 atom stereocenters. The van der Waals surface area contributed by atoms with Crippen LogP contribution in [0.3, 0.4) is 0 Å². The molecule has 0 saturated carbocycles. The molecule has 5 heteroatoms. The number of esters is 1. The molecule has 0 bridgehead atoms. The van der Waals surface area contributed by atoms with E-state index in [1.54, 1.807) is 7.11 Å². The largest absolute Gasteiger partial charge is 0.493 e. The Balaban J connectivity index is 1.79. The molecule has 1 aliphatic rings. The van der Waals surface area contributed by atoms with Gasteiger partial charge < -0.3 is 14.2 Å². The van der Waals surface area contributed by atoms with E-state index in [4.69, 9.17) is 14.2 Å². The lowest BCUT2D eigenvalue weighted by molar-refractivity contribution is -0.147. The molecule has 1 unspecified atom stereocenters. The van der Waals surface area contributed by atoms with Crippen molar-refractivity contribution in [3.63, 3.8) is 0 Å². The molecule has 5 nitrogen and oxygen atoms in total. The van der Waals surface area contributed by atoms with Crippen molar-refractivity contribution in [2.45, 2.75) is 12.8 Å². The number of rotatable bonds is 6. The molecule has 1 heterocycles. The highest BCUT2D eigenvalue weighted by atomic mass is 16.5. The first-order valence-corrected chi connectivity index (χ1v) is 7.30. The van der Waals surface area contributed by atoms with Crippen LogP contribution >= 0.6 is 0 Å². The predicted molar refractivity (Wildman–Crippen MR) is 79.7 cm³/mol. The number of benzene rings is 1. The smallest absolute Gasteiger partial charge is 0.309 e. The molecule has 1 aromatic carbocycles.